The molecule has 5 saturated heterocycles. The highest BCUT2D eigenvalue weighted by Crippen LogP contribution is 2.38. The molecule has 42 heavy (non-hydrogen) atoms. The molecule has 0 spiro atoms. The normalized spacial score (nSPS) is 28.2. The zero-order valence-electron chi connectivity index (χ0n) is 24.7. The summed E-state index contributed by atoms with van der Waals surface area (Å²) in [5.41, 5.74) is 2.90. The largest absolute Gasteiger partial charge is 0.491 e. The quantitative estimate of drug-likeness (QED) is 0.421. The van der Waals surface area contributed by atoms with Gasteiger partial charge in [-0.15, -0.1) is 0 Å². The van der Waals surface area contributed by atoms with Crippen molar-refractivity contribution in [2.24, 2.45) is 5.41 Å². The van der Waals surface area contributed by atoms with Crippen LogP contribution in [0.3, 0.4) is 0 Å². The van der Waals surface area contributed by atoms with E-state index in [0.29, 0.717) is 36.0 Å². The number of rotatable bonds is 8. The fourth-order valence-corrected chi connectivity index (χ4v) is 7.54. The fourth-order valence-electron chi connectivity index (χ4n) is 7.54. The Morgan fingerprint density at radius 2 is 1.90 bits per heavy atom. The van der Waals surface area contributed by atoms with E-state index < -0.39 is 0 Å². The van der Waals surface area contributed by atoms with Gasteiger partial charge in [-0.2, -0.15) is 10.4 Å². The Hall–Kier alpha value is -3.23. The van der Waals surface area contributed by atoms with Gasteiger partial charge >= 0.3 is 0 Å². The van der Waals surface area contributed by atoms with E-state index in [-0.39, 0.29) is 23.7 Å². The van der Waals surface area contributed by atoms with Gasteiger partial charge in [-0.1, -0.05) is 20.8 Å². The molecule has 10 heteroatoms. The van der Waals surface area contributed by atoms with Gasteiger partial charge in [-0.3, -0.25) is 9.80 Å². The summed E-state index contributed by atoms with van der Waals surface area (Å²) in [6.07, 6.45) is 9.01. The molecule has 6 unspecified atom stereocenters. The SMILES string of the molecule is CC(C)(C)C(O)CN1C2CC1CN(c1ccc(-c3cc(OCCN4C5CCC4C(O)C5)cn4ncc(C#N)c34)cn1)C2. The molecule has 3 aromatic heterocycles. The molecule has 0 aromatic carbocycles. The highest BCUT2D eigenvalue weighted by molar-refractivity contribution is 5.85. The van der Waals surface area contributed by atoms with Crippen molar-refractivity contribution >= 4 is 11.3 Å². The number of nitrogens with zero attached hydrogens (tertiary/aromatic N) is 7. The molecule has 0 amide bonds. The summed E-state index contributed by atoms with van der Waals surface area (Å²) in [7, 11) is 0. The minimum absolute atomic E-state index is 0.118. The molecule has 6 atom stereocenters. The lowest BCUT2D eigenvalue weighted by molar-refractivity contribution is -0.0591. The third-order valence-corrected chi connectivity index (χ3v) is 10.1. The van der Waals surface area contributed by atoms with Crippen LogP contribution in [0.4, 0.5) is 5.82 Å². The molecule has 3 aromatic rings. The highest BCUT2D eigenvalue weighted by Gasteiger charge is 2.46. The number of anilines is 1. The number of hydrogen-bond donors (Lipinski definition) is 2. The van der Waals surface area contributed by atoms with Crippen LogP contribution in [0, 0.1) is 16.7 Å². The maximum atomic E-state index is 10.6. The Morgan fingerprint density at radius 3 is 2.55 bits per heavy atom. The monoisotopic (exact) mass is 571 g/mol. The molecule has 4 bridgehead atoms. The van der Waals surface area contributed by atoms with Gasteiger partial charge < -0.3 is 19.8 Å². The smallest absolute Gasteiger partial charge is 0.138 e. The summed E-state index contributed by atoms with van der Waals surface area (Å²) in [4.78, 5) is 12.1. The second kappa shape index (κ2) is 10.5. The van der Waals surface area contributed by atoms with Crippen LogP contribution in [-0.4, -0.2) is 104 Å². The number of aliphatic hydroxyl groups excluding tert-OH is 2. The lowest BCUT2D eigenvalue weighted by Crippen LogP contribution is -2.70. The van der Waals surface area contributed by atoms with Crippen LogP contribution in [-0.2, 0) is 0 Å². The van der Waals surface area contributed by atoms with Gasteiger partial charge in [-0.05, 0) is 49.3 Å². The van der Waals surface area contributed by atoms with E-state index in [1.54, 1.807) is 10.7 Å². The molecule has 8 heterocycles. The molecule has 5 aliphatic heterocycles. The lowest BCUT2D eigenvalue weighted by Gasteiger charge is -2.57. The average Bonchev–Trinajstić information content (AvgIpc) is 3.66. The van der Waals surface area contributed by atoms with Crippen molar-refractivity contribution in [1.82, 2.24) is 24.4 Å². The van der Waals surface area contributed by atoms with Crippen molar-refractivity contribution in [2.75, 3.05) is 37.7 Å². The summed E-state index contributed by atoms with van der Waals surface area (Å²) in [6, 6.07) is 10.0. The zero-order chi connectivity index (χ0) is 29.2. The zero-order valence-corrected chi connectivity index (χ0v) is 24.7. The Balaban J connectivity index is 1.06. The van der Waals surface area contributed by atoms with Crippen molar-refractivity contribution in [1.29, 1.82) is 5.26 Å². The van der Waals surface area contributed by atoms with E-state index in [4.69, 9.17) is 9.72 Å². The van der Waals surface area contributed by atoms with E-state index in [1.165, 1.54) is 6.42 Å². The molecular formula is C32H41N7O3. The summed E-state index contributed by atoms with van der Waals surface area (Å²) >= 11 is 0. The third-order valence-electron chi connectivity index (χ3n) is 10.1. The van der Waals surface area contributed by atoms with Crippen molar-refractivity contribution in [3.05, 3.63) is 42.4 Å². The Kier molecular flexibility index (Phi) is 6.89. The van der Waals surface area contributed by atoms with Crippen LogP contribution in [0.25, 0.3) is 16.6 Å². The minimum Gasteiger partial charge on any atom is -0.491 e. The first-order valence-electron chi connectivity index (χ1n) is 15.3. The molecule has 10 nitrogen and oxygen atoms in total. The fraction of sp³-hybridized carbons (Fsp3) is 0.594. The van der Waals surface area contributed by atoms with Gasteiger partial charge in [0.1, 0.15) is 24.2 Å². The Labute approximate surface area is 247 Å². The van der Waals surface area contributed by atoms with E-state index in [1.807, 2.05) is 18.5 Å². The molecule has 0 saturated carbocycles. The maximum Gasteiger partial charge on any atom is 0.138 e. The number of ether oxygens (including phenoxy) is 1. The summed E-state index contributed by atoms with van der Waals surface area (Å²) in [6.45, 7) is 10.1. The third kappa shape index (κ3) is 4.82. The molecule has 5 fully saturated rings. The number of hydrogen-bond acceptors (Lipinski definition) is 9. The standard InChI is InChI=1S/C32H41N7O3/c1-32(2,3)29(41)19-38-23-10-24(38)17-36(16-23)30-7-4-20(14-34-30)26-12-25(18-39-31(26)21(13-33)15-35-39)42-9-8-37-22-5-6-27(37)28(40)11-22/h4,7,12,14-15,18,22-24,27-29,40-41H,5-6,8-11,16-17,19H2,1-3H3. The van der Waals surface area contributed by atoms with Gasteiger partial charge in [0.25, 0.3) is 0 Å². The predicted molar refractivity (Wildman–Crippen MR) is 159 cm³/mol. The molecule has 5 aliphatic rings. The lowest BCUT2D eigenvalue weighted by atomic mass is 9.83. The number of aliphatic hydroxyl groups is 2. The molecule has 8 rings (SSSR count). The van der Waals surface area contributed by atoms with Gasteiger partial charge in [-0.25, -0.2) is 9.50 Å². The summed E-state index contributed by atoms with van der Waals surface area (Å²) in [5.74, 6) is 1.64. The van der Waals surface area contributed by atoms with Crippen LogP contribution in [0.15, 0.2) is 36.8 Å². The van der Waals surface area contributed by atoms with Crippen molar-refractivity contribution in [3.8, 4) is 22.9 Å². The molecule has 2 N–H and O–H groups in total. The van der Waals surface area contributed by atoms with Gasteiger partial charge in [0.2, 0.25) is 0 Å². The first kappa shape index (κ1) is 27.6. The van der Waals surface area contributed by atoms with Crippen LogP contribution >= 0.6 is 0 Å². The van der Waals surface area contributed by atoms with Crippen molar-refractivity contribution in [2.45, 2.75) is 82.8 Å². The molecule has 0 aliphatic carbocycles. The number of pyridine rings is 2. The number of piperidine rings is 1. The van der Waals surface area contributed by atoms with Crippen LogP contribution < -0.4 is 9.64 Å². The van der Waals surface area contributed by atoms with Crippen LogP contribution in [0.1, 0.15) is 52.0 Å². The number of nitriles is 1. The van der Waals surface area contributed by atoms with Gasteiger partial charge in [0.05, 0.1) is 35.7 Å². The second-order valence-corrected chi connectivity index (χ2v) is 13.7. The van der Waals surface area contributed by atoms with E-state index in [2.05, 4.69) is 58.8 Å². The van der Waals surface area contributed by atoms with Crippen molar-refractivity contribution in [3.63, 3.8) is 0 Å². The highest BCUT2D eigenvalue weighted by atomic mass is 16.5. The number of aromatic nitrogens is 3. The summed E-state index contributed by atoms with van der Waals surface area (Å²) in [5, 5.41) is 35.1. The number of fused-ring (bicyclic) bond motifs is 5. The second-order valence-electron chi connectivity index (χ2n) is 13.7. The minimum atomic E-state index is -0.339. The van der Waals surface area contributed by atoms with Crippen LogP contribution in [0.2, 0.25) is 0 Å². The van der Waals surface area contributed by atoms with Crippen molar-refractivity contribution < 1.29 is 14.9 Å². The Bertz CT molecular complexity index is 1480. The molecular weight excluding hydrogens is 530 g/mol. The van der Waals surface area contributed by atoms with Gasteiger partial charge in [0, 0.05) is 67.7 Å². The average molecular weight is 572 g/mol. The van der Waals surface area contributed by atoms with E-state index in [9.17, 15) is 15.5 Å². The topological polar surface area (TPSA) is 113 Å². The van der Waals surface area contributed by atoms with Crippen LogP contribution in [0.5, 0.6) is 5.75 Å². The first-order chi connectivity index (χ1) is 20.2. The maximum absolute atomic E-state index is 10.6. The predicted octanol–water partition coefficient (Wildman–Crippen LogP) is 2.91. The van der Waals surface area contributed by atoms with E-state index in [0.717, 1.165) is 67.9 Å². The Morgan fingerprint density at radius 1 is 1.10 bits per heavy atom. The first-order valence-corrected chi connectivity index (χ1v) is 15.3. The molecule has 0 radical (unpaired) electrons. The van der Waals surface area contributed by atoms with Gasteiger partial charge in [0.15, 0.2) is 0 Å². The summed E-state index contributed by atoms with van der Waals surface area (Å²) < 4.78 is 7.94. The van der Waals surface area contributed by atoms with E-state index >= 15 is 0 Å². The molecule has 222 valence electrons. The number of piperazine rings is 1.